The third-order valence-corrected chi connectivity index (χ3v) is 6.68. The van der Waals surface area contributed by atoms with Gasteiger partial charge in [0.15, 0.2) is 0 Å². The molecule has 0 spiro atoms. The van der Waals surface area contributed by atoms with Crippen molar-refractivity contribution in [2.75, 3.05) is 39.5 Å². The third-order valence-electron chi connectivity index (χ3n) is 5.18. The maximum atomic E-state index is 12.7. The molecule has 2 fully saturated rings. The Morgan fingerprint density at radius 1 is 1.32 bits per heavy atom. The number of nitrogens with one attached hydrogen (secondary N) is 1. The second-order valence-electron chi connectivity index (χ2n) is 6.91. The van der Waals surface area contributed by atoms with Crippen LogP contribution >= 0.6 is 0 Å². The lowest BCUT2D eigenvalue weighted by Crippen LogP contribution is -2.66. The molecule has 0 radical (unpaired) electrons. The quantitative estimate of drug-likeness (QED) is 0.780. The molecule has 3 rings (SSSR count). The minimum atomic E-state index is -3.59. The molecule has 0 unspecified atom stereocenters. The predicted octanol–water partition coefficient (Wildman–Crippen LogP) is 1.44. The summed E-state index contributed by atoms with van der Waals surface area (Å²) in [4.78, 5) is 2.57. The number of hydrogen-bond acceptors (Lipinski definition) is 6. The molecule has 0 aromatic carbocycles. The van der Waals surface area contributed by atoms with E-state index in [4.69, 9.17) is 13.9 Å². The molecule has 7 nitrogen and oxygen atoms in total. The second-order valence-corrected chi connectivity index (χ2v) is 8.65. The van der Waals surface area contributed by atoms with Crippen molar-refractivity contribution in [2.24, 2.45) is 0 Å². The lowest BCUT2D eigenvalue weighted by molar-refractivity contribution is -0.124. The van der Waals surface area contributed by atoms with Crippen molar-refractivity contribution in [3.63, 3.8) is 0 Å². The molecule has 1 saturated heterocycles. The zero-order valence-electron chi connectivity index (χ0n) is 15.2. The molecule has 1 aliphatic carbocycles. The average Bonchev–Trinajstić information content (AvgIpc) is 2.90. The molecular weight excluding hydrogens is 344 g/mol. The van der Waals surface area contributed by atoms with E-state index in [2.05, 4.69) is 9.62 Å². The van der Waals surface area contributed by atoms with E-state index in [9.17, 15) is 8.42 Å². The van der Waals surface area contributed by atoms with E-state index in [0.717, 1.165) is 25.9 Å². The number of ether oxygens (including phenoxy) is 2. The fraction of sp³-hybridized carbons (Fsp3) is 0.765. The van der Waals surface area contributed by atoms with Crippen LogP contribution in [0.5, 0.6) is 0 Å². The molecule has 0 bridgehead atoms. The van der Waals surface area contributed by atoms with E-state index < -0.39 is 10.0 Å². The number of sulfonamides is 1. The largest absolute Gasteiger partial charge is 0.465 e. The number of rotatable bonds is 7. The van der Waals surface area contributed by atoms with Crippen LogP contribution in [-0.4, -0.2) is 64.4 Å². The van der Waals surface area contributed by atoms with Crippen LogP contribution in [0.25, 0.3) is 0 Å². The first-order valence-electron chi connectivity index (χ1n) is 8.87. The Bertz CT molecular complexity index is 688. The Kier molecular flexibility index (Phi) is 5.55. The van der Waals surface area contributed by atoms with Gasteiger partial charge in [-0.3, -0.25) is 4.90 Å². The summed E-state index contributed by atoms with van der Waals surface area (Å²) >= 11 is 0. The van der Waals surface area contributed by atoms with E-state index in [0.29, 0.717) is 37.9 Å². The third kappa shape index (κ3) is 3.93. The van der Waals surface area contributed by atoms with Gasteiger partial charge in [-0.1, -0.05) is 0 Å². The number of morpholine rings is 1. The van der Waals surface area contributed by atoms with Crippen LogP contribution in [0, 0.1) is 13.8 Å². The van der Waals surface area contributed by atoms with Crippen molar-refractivity contribution in [2.45, 2.75) is 50.2 Å². The summed E-state index contributed by atoms with van der Waals surface area (Å²) in [6.45, 7) is 9.50. The Morgan fingerprint density at radius 2 is 2.00 bits per heavy atom. The molecule has 2 heterocycles. The first-order valence-corrected chi connectivity index (χ1v) is 10.4. The first-order chi connectivity index (χ1) is 11.9. The highest BCUT2D eigenvalue weighted by molar-refractivity contribution is 7.89. The summed E-state index contributed by atoms with van der Waals surface area (Å²) < 4.78 is 44.7. The summed E-state index contributed by atoms with van der Waals surface area (Å²) in [5, 5.41) is 0. The molecule has 1 aromatic heterocycles. The van der Waals surface area contributed by atoms with Gasteiger partial charge in [0.05, 0.1) is 19.3 Å². The minimum absolute atomic E-state index is 0.191. The number of nitrogens with zero attached hydrogens (tertiary/aromatic N) is 1. The number of aryl methyl sites for hydroxylation is 2. The van der Waals surface area contributed by atoms with Crippen LogP contribution in [0.1, 0.15) is 31.3 Å². The number of hydrogen-bond donors (Lipinski definition) is 1. The fourth-order valence-corrected chi connectivity index (χ4v) is 5.23. The maximum absolute atomic E-state index is 12.7. The van der Waals surface area contributed by atoms with E-state index >= 15 is 0 Å². The van der Waals surface area contributed by atoms with E-state index in [-0.39, 0.29) is 16.5 Å². The van der Waals surface area contributed by atoms with Crippen molar-refractivity contribution >= 4 is 10.0 Å². The zero-order valence-corrected chi connectivity index (χ0v) is 16.0. The zero-order chi connectivity index (χ0) is 18.1. The molecule has 1 saturated carbocycles. The highest BCUT2D eigenvalue weighted by Gasteiger charge is 2.49. The second kappa shape index (κ2) is 7.36. The van der Waals surface area contributed by atoms with Crippen molar-refractivity contribution < 1.29 is 22.3 Å². The molecule has 25 heavy (non-hydrogen) atoms. The van der Waals surface area contributed by atoms with Gasteiger partial charge < -0.3 is 13.9 Å². The highest BCUT2D eigenvalue weighted by Crippen LogP contribution is 2.40. The minimum Gasteiger partial charge on any atom is -0.465 e. The van der Waals surface area contributed by atoms with Gasteiger partial charge in [0.1, 0.15) is 16.4 Å². The van der Waals surface area contributed by atoms with Crippen LogP contribution in [0.2, 0.25) is 0 Å². The Labute approximate surface area is 149 Å². The molecule has 2 aliphatic rings. The van der Waals surface area contributed by atoms with Crippen molar-refractivity contribution in [3.05, 3.63) is 17.6 Å². The first kappa shape index (κ1) is 18.8. The average molecular weight is 372 g/mol. The van der Waals surface area contributed by atoms with Crippen molar-refractivity contribution in [1.82, 2.24) is 9.62 Å². The van der Waals surface area contributed by atoms with Gasteiger partial charge in [-0.05, 0) is 39.7 Å². The Morgan fingerprint density at radius 3 is 2.56 bits per heavy atom. The van der Waals surface area contributed by atoms with Crippen molar-refractivity contribution in [1.29, 1.82) is 0 Å². The van der Waals surface area contributed by atoms with Gasteiger partial charge in [0.2, 0.25) is 10.0 Å². The lowest BCUT2D eigenvalue weighted by Gasteiger charge is -2.55. The highest BCUT2D eigenvalue weighted by atomic mass is 32.2. The Balaban J connectivity index is 1.71. The summed E-state index contributed by atoms with van der Waals surface area (Å²) in [7, 11) is -3.59. The van der Waals surface area contributed by atoms with E-state index in [1.807, 2.05) is 6.92 Å². The fourth-order valence-electron chi connectivity index (χ4n) is 3.87. The van der Waals surface area contributed by atoms with Crippen molar-refractivity contribution in [3.8, 4) is 0 Å². The molecule has 8 heteroatoms. The van der Waals surface area contributed by atoms with E-state index in [1.54, 1.807) is 19.9 Å². The van der Waals surface area contributed by atoms with Gasteiger partial charge in [-0.2, -0.15) is 0 Å². The molecule has 0 amide bonds. The summed E-state index contributed by atoms with van der Waals surface area (Å²) in [6, 6.07) is 1.57. The van der Waals surface area contributed by atoms with E-state index in [1.165, 1.54) is 0 Å². The summed E-state index contributed by atoms with van der Waals surface area (Å²) in [5.41, 5.74) is -0.191. The van der Waals surface area contributed by atoms with Gasteiger partial charge in [-0.15, -0.1) is 0 Å². The topological polar surface area (TPSA) is 81.0 Å². The van der Waals surface area contributed by atoms with Gasteiger partial charge >= 0.3 is 0 Å². The monoisotopic (exact) mass is 372 g/mol. The van der Waals surface area contributed by atoms with Crippen LogP contribution in [0.15, 0.2) is 15.4 Å². The lowest BCUT2D eigenvalue weighted by atomic mass is 9.72. The standard InChI is InChI=1S/C17H28N2O5S/c1-4-23-15-10-17(11-15,19-5-7-22-8-6-19)12-18-25(20,21)16-9-13(2)24-14(16)3/h9,15,18H,4-8,10-12H2,1-3H3. The number of furan rings is 1. The Hall–Kier alpha value is -0.930. The molecule has 1 aliphatic heterocycles. The SMILES string of the molecule is CCOC1CC(CNS(=O)(=O)c2cc(C)oc2C)(N2CCOCC2)C1. The van der Waals surface area contributed by atoms with Crippen LogP contribution < -0.4 is 4.72 Å². The molecule has 0 atom stereocenters. The maximum Gasteiger partial charge on any atom is 0.244 e. The molecule has 1 aromatic rings. The van der Waals surface area contributed by atoms with Gasteiger partial charge in [0, 0.05) is 31.8 Å². The van der Waals surface area contributed by atoms with Crippen LogP contribution in [0.4, 0.5) is 0 Å². The van der Waals surface area contributed by atoms with Gasteiger partial charge in [0.25, 0.3) is 0 Å². The smallest absolute Gasteiger partial charge is 0.244 e. The molecule has 1 N–H and O–H groups in total. The molecular formula is C17H28N2O5S. The summed E-state index contributed by atoms with van der Waals surface area (Å²) in [6.07, 6.45) is 1.88. The molecule has 142 valence electrons. The predicted molar refractivity (Wildman–Crippen MR) is 93.1 cm³/mol. The van der Waals surface area contributed by atoms with Crippen LogP contribution in [0.3, 0.4) is 0 Å². The van der Waals surface area contributed by atoms with Gasteiger partial charge in [-0.25, -0.2) is 13.1 Å². The van der Waals surface area contributed by atoms with Crippen LogP contribution in [-0.2, 0) is 19.5 Å². The summed E-state index contributed by atoms with van der Waals surface area (Å²) in [5.74, 6) is 1.02. The normalized spacial score (nSPS) is 28.0.